The van der Waals surface area contributed by atoms with Gasteiger partial charge in [-0.1, -0.05) is 19.3 Å². The van der Waals surface area contributed by atoms with Gasteiger partial charge in [0, 0.05) is 18.4 Å². The normalized spacial score (nSPS) is 22.5. The largest absolute Gasteiger partial charge is 0.370 e. The average molecular weight is 345 g/mol. The number of halogens is 2. The number of carbonyl (C=O) groups is 2. The third-order valence-corrected chi connectivity index (χ3v) is 5.32. The van der Waals surface area contributed by atoms with Gasteiger partial charge in [0.25, 0.3) is 6.43 Å². The minimum atomic E-state index is -2.33. The van der Waals surface area contributed by atoms with Crippen molar-refractivity contribution in [1.29, 1.82) is 0 Å². The number of nitrogens with zero attached hydrogens (tertiary/aromatic N) is 1. The number of likely N-dealkylation sites (tertiary alicyclic amines) is 1. The lowest BCUT2D eigenvalue weighted by Crippen LogP contribution is -2.48. The molecule has 1 unspecified atom stereocenters. The maximum atomic E-state index is 12.5. The van der Waals surface area contributed by atoms with Gasteiger partial charge >= 0.3 is 0 Å². The second-order valence-corrected chi connectivity index (χ2v) is 7.15. The number of primary amides is 1. The first-order valence-electron chi connectivity index (χ1n) is 9.05. The van der Waals surface area contributed by atoms with E-state index in [2.05, 4.69) is 5.32 Å². The fraction of sp³-hybridized carbons (Fsp3) is 0.882. The molecule has 3 N–H and O–H groups in total. The Bertz CT molecular complexity index is 420. The van der Waals surface area contributed by atoms with Crippen LogP contribution in [0, 0.1) is 11.8 Å². The molecule has 1 saturated heterocycles. The number of hydrogen-bond donors (Lipinski definition) is 2. The van der Waals surface area contributed by atoms with E-state index >= 15 is 0 Å². The van der Waals surface area contributed by atoms with Crippen LogP contribution in [0.4, 0.5) is 8.78 Å². The van der Waals surface area contributed by atoms with Crippen molar-refractivity contribution < 1.29 is 18.4 Å². The van der Waals surface area contributed by atoms with Crippen molar-refractivity contribution in [3.8, 4) is 0 Å². The molecule has 1 aliphatic heterocycles. The minimum absolute atomic E-state index is 0.0523. The first-order chi connectivity index (χ1) is 11.5. The highest BCUT2D eigenvalue weighted by molar-refractivity contribution is 5.80. The highest BCUT2D eigenvalue weighted by Crippen LogP contribution is 2.28. The first kappa shape index (κ1) is 19.1. The van der Waals surface area contributed by atoms with Crippen LogP contribution in [0.2, 0.25) is 0 Å². The Morgan fingerprint density at radius 3 is 2.25 bits per heavy atom. The van der Waals surface area contributed by atoms with Crippen molar-refractivity contribution in [3.05, 3.63) is 0 Å². The number of nitrogens with one attached hydrogen (secondary N) is 1. The molecule has 24 heavy (non-hydrogen) atoms. The Hall–Kier alpha value is -1.24. The van der Waals surface area contributed by atoms with Crippen molar-refractivity contribution in [3.63, 3.8) is 0 Å². The van der Waals surface area contributed by atoms with Crippen molar-refractivity contribution in [2.75, 3.05) is 19.6 Å². The maximum Gasteiger partial charge on any atom is 0.251 e. The minimum Gasteiger partial charge on any atom is -0.370 e. The lowest BCUT2D eigenvalue weighted by atomic mass is 9.82. The van der Waals surface area contributed by atoms with Gasteiger partial charge in [-0.3, -0.25) is 14.5 Å². The summed E-state index contributed by atoms with van der Waals surface area (Å²) in [6, 6.07) is -0.186. The molecule has 7 heteroatoms. The number of rotatable bonds is 7. The molecule has 0 bridgehead atoms. The summed E-state index contributed by atoms with van der Waals surface area (Å²) in [6.45, 7) is 0.819. The van der Waals surface area contributed by atoms with E-state index in [-0.39, 0.29) is 30.8 Å². The van der Waals surface area contributed by atoms with Crippen LogP contribution in [0.15, 0.2) is 0 Å². The van der Waals surface area contributed by atoms with E-state index in [0.717, 1.165) is 25.7 Å². The van der Waals surface area contributed by atoms with Gasteiger partial charge in [0.15, 0.2) is 0 Å². The van der Waals surface area contributed by atoms with Crippen LogP contribution in [-0.2, 0) is 9.59 Å². The molecule has 138 valence electrons. The molecular formula is C17H29F2N3O2. The Kier molecular flexibility index (Phi) is 7.40. The number of hydrogen-bond acceptors (Lipinski definition) is 3. The summed E-state index contributed by atoms with van der Waals surface area (Å²) in [7, 11) is 0. The summed E-state index contributed by atoms with van der Waals surface area (Å²) in [5.74, 6) is -0.284. The van der Waals surface area contributed by atoms with Crippen LogP contribution in [0.1, 0.15) is 51.4 Å². The standard InChI is InChI=1S/C17H29F2N3O2/c18-15(19)11-22-8-6-13(7-9-22)17(24)21-14(10-16(20)23)12-4-2-1-3-5-12/h12-15H,1-11H2,(H2,20,23)(H,21,24). The van der Waals surface area contributed by atoms with E-state index in [9.17, 15) is 18.4 Å². The average Bonchev–Trinajstić information content (AvgIpc) is 2.54. The summed E-state index contributed by atoms with van der Waals surface area (Å²) in [6.07, 6.45) is 4.53. The van der Waals surface area contributed by atoms with Gasteiger partial charge in [0.2, 0.25) is 11.8 Å². The Morgan fingerprint density at radius 1 is 1.08 bits per heavy atom. The lowest BCUT2D eigenvalue weighted by Gasteiger charge is -2.34. The Balaban J connectivity index is 1.84. The number of carbonyl (C=O) groups excluding carboxylic acids is 2. The predicted octanol–water partition coefficient (Wildman–Crippen LogP) is 1.90. The third-order valence-electron chi connectivity index (χ3n) is 5.32. The molecule has 0 aromatic rings. The van der Waals surface area contributed by atoms with Gasteiger partial charge in [-0.15, -0.1) is 0 Å². The molecule has 0 aromatic heterocycles. The smallest absolute Gasteiger partial charge is 0.251 e. The van der Waals surface area contributed by atoms with Crippen LogP contribution in [0.5, 0.6) is 0 Å². The van der Waals surface area contributed by atoms with Crippen molar-refractivity contribution in [2.24, 2.45) is 17.6 Å². The van der Waals surface area contributed by atoms with E-state index in [1.807, 2.05) is 0 Å². The molecule has 1 heterocycles. The summed E-state index contributed by atoms with van der Waals surface area (Å²) < 4.78 is 24.8. The van der Waals surface area contributed by atoms with E-state index in [4.69, 9.17) is 5.73 Å². The second-order valence-electron chi connectivity index (χ2n) is 7.15. The van der Waals surface area contributed by atoms with E-state index in [0.29, 0.717) is 31.8 Å². The van der Waals surface area contributed by atoms with E-state index in [1.54, 1.807) is 4.90 Å². The summed E-state index contributed by atoms with van der Waals surface area (Å²) in [5.41, 5.74) is 5.35. The predicted molar refractivity (Wildman–Crippen MR) is 87.5 cm³/mol. The first-order valence-corrected chi connectivity index (χ1v) is 9.05. The molecule has 5 nitrogen and oxygen atoms in total. The molecular weight excluding hydrogens is 316 g/mol. The quantitative estimate of drug-likeness (QED) is 0.740. The highest BCUT2D eigenvalue weighted by Gasteiger charge is 2.31. The zero-order chi connectivity index (χ0) is 17.5. The number of amides is 2. The zero-order valence-electron chi connectivity index (χ0n) is 14.2. The van der Waals surface area contributed by atoms with Gasteiger partial charge in [-0.2, -0.15) is 0 Å². The number of piperidine rings is 1. The molecule has 2 aliphatic rings. The van der Waals surface area contributed by atoms with Gasteiger partial charge < -0.3 is 11.1 Å². The van der Waals surface area contributed by atoms with Crippen LogP contribution < -0.4 is 11.1 Å². The lowest BCUT2D eigenvalue weighted by molar-refractivity contribution is -0.128. The summed E-state index contributed by atoms with van der Waals surface area (Å²) >= 11 is 0. The van der Waals surface area contributed by atoms with Crippen LogP contribution in [0.25, 0.3) is 0 Å². The summed E-state index contributed by atoms with van der Waals surface area (Å²) in [5, 5.41) is 3.04. The van der Waals surface area contributed by atoms with Crippen LogP contribution in [-0.4, -0.2) is 48.8 Å². The molecule has 2 amide bonds. The van der Waals surface area contributed by atoms with Crippen molar-refractivity contribution in [1.82, 2.24) is 10.2 Å². The zero-order valence-corrected chi connectivity index (χ0v) is 14.2. The van der Waals surface area contributed by atoms with Crippen molar-refractivity contribution in [2.45, 2.75) is 63.8 Å². The highest BCUT2D eigenvalue weighted by atomic mass is 19.3. The molecule has 0 radical (unpaired) electrons. The van der Waals surface area contributed by atoms with Crippen molar-refractivity contribution >= 4 is 11.8 Å². The van der Waals surface area contributed by atoms with Gasteiger partial charge in [0.05, 0.1) is 6.54 Å². The summed E-state index contributed by atoms with van der Waals surface area (Å²) in [4.78, 5) is 25.6. The Morgan fingerprint density at radius 2 is 1.71 bits per heavy atom. The van der Waals surface area contributed by atoms with Gasteiger partial charge in [-0.25, -0.2) is 8.78 Å². The number of nitrogens with two attached hydrogens (primary N) is 1. The molecule has 1 atom stereocenters. The SMILES string of the molecule is NC(=O)CC(NC(=O)C1CCN(CC(F)F)CC1)C1CCCCC1. The van der Waals surface area contributed by atoms with Gasteiger partial charge in [0.1, 0.15) is 0 Å². The van der Waals surface area contributed by atoms with E-state index < -0.39 is 12.3 Å². The molecule has 0 aromatic carbocycles. The number of alkyl halides is 2. The second kappa shape index (κ2) is 9.30. The molecule has 1 saturated carbocycles. The van der Waals surface area contributed by atoms with Gasteiger partial charge in [-0.05, 0) is 44.7 Å². The molecule has 2 fully saturated rings. The monoisotopic (exact) mass is 345 g/mol. The van der Waals surface area contributed by atoms with Crippen LogP contribution >= 0.6 is 0 Å². The topological polar surface area (TPSA) is 75.4 Å². The molecule has 1 aliphatic carbocycles. The fourth-order valence-corrected chi connectivity index (χ4v) is 3.96. The molecule has 0 spiro atoms. The maximum absolute atomic E-state index is 12.5. The van der Waals surface area contributed by atoms with E-state index in [1.165, 1.54) is 6.42 Å². The molecule has 2 rings (SSSR count). The third kappa shape index (κ3) is 6.00. The Labute approximate surface area is 142 Å². The van der Waals surface area contributed by atoms with Crippen LogP contribution in [0.3, 0.4) is 0 Å². The fourth-order valence-electron chi connectivity index (χ4n) is 3.96.